The van der Waals surface area contributed by atoms with E-state index in [1.165, 1.54) is 11.3 Å². The lowest BCUT2D eigenvalue weighted by molar-refractivity contribution is -0.115. The molecule has 1 aliphatic rings. The molecular formula is C23H27F3N6O3S. The second-order valence-electron chi connectivity index (χ2n) is 8.60. The van der Waals surface area contributed by atoms with E-state index in [1.54, 1.807) is 13.8 Å². The highest BCUT2D eigenvalue weighted by Crippen LogP contribution is 2.38. The van der Waals surface area contributed by atoms with Crippen molar-refractivity contribution in [3.63, 3.8) is 0 Å². The summed E-state index contributed by atoms with van der Waals surface area (Å²) in [4.78, 5) is 24.8. The molecule has 0 radical (unpaired) electrons. The van der Waals surface area contributed by atoms with Gasteiger partial charge in [-0.1, -0.05) is 12.1 Å². The van der Waals surface area contributed by atoms with Gasteiger partial charge in [-0.3, -0.25) is 0 Å². The van der Waals surface area contributed by atoms with Gasteiger partial charge in [-0.15, -0.1) is 11.3 Å². The Bertz CT molecular complexity index is 1190. The van der Waals surface area contributed by atoms with Crippen molar-refractivity contribution in [1.82, 2.24) is 20.3 Å². The number of aromatic nitrogens is 3. The molecule has 13 heteroatoms. The van der Waals surface area contributed by atoms with Crippen molar-refractivity contribution in [3.05, 3.63) is 30.0 Å². The third-order valence-electron chi connectivity index (χ3n) is 5.76. The Labute approximate surface area is 209 Å². The molecule has 2 aromatic heterocycles. The number of para-hydroxylation sites is 1. The monoisotopic (exact) mass is 524 g/mol. The topological polar surface area (TPSA) is 121 Å². The van der Waals surface area contributed by atoms with Gasteiger partial charge in [0.05, 0.1) is 40.2 Å². The second kappa shape index (κ2) is 10.8. The van der Waals surface area contributed by atoms with Crippen molar-refractivity contribution >= 4 is 39.4 Å². The van der Waals surface area contributed by atoms with E-state index in [1.807, 2.05) is 24.3 Å². The quantitative estimate of drug-likeness (QED) is 0.344. The maximum absolute atomic E-state index is 12.8. The standard InChI is InChI=1S/C23H27F3N6O3S/c1-3-27-22(34)35-10-13-8-15(16(33)9-13)30-19-18(20-31-14-6-4-5-7-17(14)36-20)12(2)29-21(32-19)28-11-23(24,25)26/h4-7,13,15-16,33H,3,8-11H2,1-2H3,(H,27,34)(H2,28,29,30,32)/t13-,15+,16+/m0/s1. The van der Waals surface area contributed by atoms with Gasteiger partial charge in [0.1, 0.15) is 17.4 Å². The molecule has 3 atom stereocenters. The average Bonchev–Trinajstić information content (AvgIpc) is 3.39. The number of ether oxygens (including phenoxy) is 1. The van der Waals surface area contributed by atoms with Gasteiger partial charge >= 0.3 is 12.3 Å². The summed E-state index contributed by atoms with van der Waals surface area (Å²) < 4.78 is 44.5. The lowest BCUT2D eigenvalue weighted by Crippen LogP contribution is -2.29. The molecule has 0 unspecified atom stereocenters. The van der Waals surface area contributed by atoms with Crippen molar-refractivity contribution in [2.24, 2.45) is 5.92 Å². The molecule has 0 aliphatic heterocycles. The molecule has 194 valence electrons. The number of hydrogen-bond donors (Lipinski definition) is 4. The first kappa shape index (κ1) is 25.9. The number of halogens is 3. The van der Waals surface area contributed by atoms with Crippen molar-refractivity contribution < 1.29 is 27.8 Å². The summed E-state index contributed by atoms with van der Waals surface area (Å²) in [5.74, 6) is 0.0122. The molecule has 36 heavy (non-hydrogen) atoms. The number of thiazole rings is 1. The van der Waals surface area contributed by atoms with Crippen LogP contribution in [0.2, 0.25) is 0 Å². The minimum atomic E-state index is -4.44. The molecule has 4 rings (SSSR count). The van der Waals surface area contributed by atoms with Gasteiger partial charge in [-0.05, 0) is 44.7 Å². The van der Waals surface area contributed by atoms with Crippen molar-refractivity contribution in [3.8, 4) is 10.6 Å². The van der Waals surface area contributed by atoms with E-state index in [9.17, 15) is 23.1 Å². The number of aliphatic hydroxyl groups is 1. The molecule has 0 spiro atoms. The Morgan fingerprint density at radius 3 is 2.72 bits per heavy atom. The minimum absolute atomic E-state index is 0.0863. The van der Waals surface area contributed by atoms with E-state index in [2.05, 4.69) is 30.9 Å². The molecule has 2 heterocycles. The maximum atomic E-state index is 12.8. The van der Waals surface area contributed by atoms with Crippen molar-refractivity contribution in [1.29, 1.82) is 0 Å². The fourth-order valence-electron chi connectivity index (χ4n) is 4.14. The highest BCUT2D eigenvalue weighted by atomic mass is 32.1. The van der Waals surface area contributed by atoms with Gasteiger partial charge in [-0.2, -0.15) is 18.2 Å². The molecule has 1 aromatic carbocycles. The summed E-state index contributed by atoms with van der Waals surface area (Å²) in [6, 6.07) is 7.12. The number of nitrogens with zero attached hydrogens (tertiary/aromatic N) is 3. The maximum Gasteiger partial charge on any atom is 0.407 e. The van der Waals surface area contributed by atoms with Crippen LogP contribution in [0.1, 0.15) is 25.5 Å². The van der Waals surface area contributed by atoms with Gasteiger partial charge in [0, 0.05) is 6.54 Å². The Morgan fingerprint density at radius 1 is 1.22 bits per heavy atom. The fraction of sp³-hybridized carbons (Fsp3) is 0.478. The minimum Gasteiger partial charge on any atom is -0.449 e. The predicted octanol–water partition coefficient (Wildman–Crippen LogP) is 4.33. The summed E-state index contributed by atoms with van der Waals surface area (Å²) >= 11 is 1.42. The second-order valence-corrected chi connectivity index (χ2v) is 9.63. The molecule has 3 aromatic rings. The number of benzene rings is 1. The molecule has 1 aliphatic carbocycles. The van der Waals surface area contributed by atoms with Crippen LogP contribution in [-0.4, -0.2) is 64.2 Å². The van der Waals surface area contributed by atoms with Gasteiger partial charge < -0.3 is 25.8 Å². The van der Waals surface area contributed by atoms with Gasteiger partial charge in [0.25, 0.3) is 0 Å². The van der Waals surface area contributed by atoms with E-state index in [0.717, 1.165) is 10.2 Å². The lowest BCUT2D eigenvalue weighted by atomic mass is 10.1. The predicted molar refractivity (Wildman–Crippen MR) is 131 cm³/mol. The number of carbonyl (C=O) groups is 1. The normalized spacial score (nSPS) is 19.9. The highest BCUT2D eigenvalue weighted by Gasteiger charge is 2.35. The van der Waals surface area contributed by atoms with E-state index >= 15 is 0 Å². The first-order valence-electron chi connectivity index (χ1n) is 11.5. The summed E-state index contributed by atoms with van der Waals surface area (Å²) in [6.07, 6.45) is -4.84. The van der Waals surface area contributed by atoms with Crippen molar-refractivity contribution in [2.75, 3.05) is 30.3 Å². The zero-order valence-electron chi connectivity index (χ0n) is 19.7. The molecule has 1 saturated carbocycles. The largest absolute Gasteiger partial charge is 0.449 e. The smallest absolute Gasteiger partial charge is 0.407 e. The van der Waals surface area contributed by atoms with Gasteiger partial charge in [0.15, 0.2) is 0 Å². The van der Waals surface area contributed by atoms with Crippen LogP contribution < -0.4 is 16.0 Å². The molecule has 1 fully saturated rings. The number of aliphatic hydroxyl groups excluding tert-OH is 1. The molecule has 4 N–H and O–H groups in total. The van der Waals surface area contributed by atoms with E-state index in [0.29, 0.717) is 35.7 Å². The van der Waals surface area contributed by atoms with Crippen LogP contribution in [0.3, 0.4) is 0 Å². The first-order valence-corrected chi connectivity index (χ1v) is 12.3. The number of rotatable bonds is 8. The summed E-state index contributed by atoms with van der Waals surface area (Å²) in [7, 11) is 0. The molecule has 0 saturated heterocycles. The van der Waals surface area contributed by atoms with Crippen LogP contribution in [0.4, 0.5) is 29.7 Å². The summed E-state index contributed by atoms with van der Waals surface area (Å²) in [5, 5.41) is 19.3. The van der Waals surface area contributed by atoms with Crippen LogP contribution in [0, 0.1) is 12.8 Å². The van der Waals surface area contributed by atoms with Gasteiger partial charge in [0.2, 0.25) is 5.95 Å². The first-order chi connectivity index (χ1) is 17.1. The summed E-state index contributed by atoms with van der Waals surface area (Å²) in [5.41, 5.74) is 1.79. The highest BCUT2D eigenvalue weighted by molar-refractivity contribution is 7.21. The van der Waals surface area contributed by atoms with Gasteiger partial charge in [-0.25, -0.2) is 14.8 Å². The third kappa shape index (κ3) is 6.32. The van der Waals surface area contributed by atoms with E-state index < -0.39 is 31.0 Å². The van der Waals surface area contributed by atoms with E-state index in [-0.39, 0.29) is 24.3 Å². The summed E-state index contributed by atoms with van der Waals surface area (Å²) in [6.45, 7) is 2.78. The zero-order valence-corrected chi connectivity index (χ0v) is 20.5. The van der Waals surface area contributed by atoms with Crippen LogP contribution in [0.25, 0.3) is 20.8 Å². The zero-order chi connectivity index (χ0) is 25.9. The number of aryl methyl sites for hydroxylation is 1. The number of carbonyl (C=O) groups excluding carboxylic acids is 1. The van der Waals surface area contributed by atoms with Crippen LogP contribution in [0.15, 0.2) is 24.3 Å². The van der Waals surface area contributed by atoms with E-state index in [4.69, 9.17) is 4.74 Å². The van der Waals surface area contributed by atoms with Crippen LogP contribution in [0.5, 0.6) is 0 Å². The lowest BCUT2D eigenvalue weighted by Gasteiger charge is -2.20. The van der Waals surface area contributed by atoms with Crippen molar-refractivity contribution in [2.45, 2.75) is 45.0 Å². The Balaban J connectivity index is 1.60. The third-order valence-corrected chi connectivity index (χ3v) is 6.82. The number of alkyl halides is 3. The number of fused-ring (bicyclic) bond motifs is 1. The SMILES string of the molecule is CCNC(=O)OC[C@@H]1C[C@@H](O)[C@H](Nc2nc(NCC(F)(F)F)nc(C)c2-c2nc3ccccc3s2)C1. The number of hydrogen-bond acceptors (Lipinski definition) is 9. The number of nitrogens with one attached hydrogen (secondary N) is 3. The number of alkyl carbamates (subject to hydrolysis) is 1. The van der Waals surface area contributed by atoms with Crippen LogP contribution in [-0.2, 0) is 4.74 Å². The fourth-order valence-corrected chi connectivity index (χ4v) is 5.21. The Kier molecular flexibility index (Phi) is 7.79. The molecular weight excluding hydrogens is 497 g/mol. The number of anilines is 2. The Morgan fingerprint density at radius 2 is 2.00 bits per heavy atom. The average molecular weight is 525 g/mol. The number of amides is 1. The van der Waals surface area contributed by atoms with Crippen LogP contribution >= 0.6 is 11.3 Å². The Hall–Kier alpha value is -3.19. The molecule has 1 amide bonds. The molecule has 9 nitrogen and oxygen atoms in total. The molecule has 0 bridgehead atoms.